The second-order valence-electron chi connectivity index (χ2n) is 8.06. The van der Waals surface area contributed by atoms with Crippen LogP contribution in [0.1, 0.15) is 84.0 Å². The molecule has 0 aromatic rings. The van der Waals surface area contributed by atoms with E-state index in [4.69, 9.17) is 0 Å². The van der Waals surface area contributed by atoms with Crippen molar-refractivity contribution in [2.24, 2.45) is 5.92 Å². The number of hydrogen-bond acceptors (Lipinski definition) is 2. The van der Waals surface area contributed by atoms with Gasteiger partial charge in [0.15, 0.2) is 0 Å². The molecule has 0 aromatic heterocycles. The Bertz CT molecular complexity index is 301. The third-order valence-corrected chi connectivity index (χ3v) is 6.47. The average molecular weight is 293 g/mol. The van der Waals surface area contributed by atoms with Gasteiger partial charge in [-0.3, -0.25) is 4.90 Å². The highest BCUT2D eigenvalue weighted by atomic mass is 15.2. The van der Waals surface area contributed by atoms with Gasteiger partial charge in [-0.25, -0.2) is 0 Å². The first-order chi connectivity index (χ1) is 10.3. The van der Waals surface area contributed by atoms with E-state index in [2.05, 4.69) is 17.1 Å². The molecule has 0 atom stereocenters. The first kappa shape index (κ1) is 15.8. The van der Waals surface area contributed by atoms with Crippen LogP contribution in [0.4, 0.5) is 0 Å². The standard InChI is InChI=1S/C19H36N2/c1-2-7-17-8-10-18(11-9-17)21-15-6-14-20-19(16-21)12-4-3-5-13-19/h17-18,20H,2-16H2,1H3. The Balaban J connectivity index is 1.56. The van der Waals surface area contributed by atoms with Crippen LogP contribution in [0.15, 0.2) is 0 Å². The van der Waals surface area contributed by atoms with Crippen molar-refractivity contribution in [2.45, 2.75) is 95.6 Å². The largest absolute Gasteiger partial charge is 0.310 e. The van der Waals surface area contributed by atoms with Gasteiger partial charge in [-0.05, 0) is 64.0 Å². The first-order valence-corrected chi connectivity index (χ1v) is 9.80. The van der Waals surface area contributed by atoms with Crippen LogP contribution in [0.5, 0.6) is 0 Å². The zero-order valence-corrected chi connectivity index (χ0v) is 14.2. The van der Waals surface area contributed by atoms with Gasteiger partial charge in [-0.15, -0.1) is 0 Å². The highest BCUT2D eigenvalue weighted by Crippen LogP contribution is 2.35. The molecule has 2 nitrogen and oxygen atoms in total. The summed E-state index contributed by atoms with van der Waals surface area (Å²) in [7, 11) is 0. The van der Waals surface area contributed by atoms with Crippen LogP contribution in [0, 0.1) is 5.92 Å². The van der Waals surface area contributed by atoms with Crippen molar-refractivity contribution < 1.29 is 0 Å². The second kappa shape index (κ2) is 7.46. The van der Waals surface area contributed by atoms with E-state index in [1.54, 1.807) is 0 Å². The monoisotopic (exact) mass is 292 g/mol. The van der Waals surface area contributed by atoms with Gasteiger partial charge in [-0.1, -0.05) is 39.0 Å². The summed E-state index contributed by atoms with van der Waals surface area (Å²) in [6.45, 7) is 6.29. The molecule has 0 unspecified atom stereocenters. The Labute approximate surface area is 132 Å². The number of hydrogen-bond donors (Lipinski definition) is 1. The maximum Gasteiger partial charge on any atom is 0.0308 e. The van der Waals surface area contributed by atoms with Gasteiger partial charge in [0, 0.05) is 18.1 Å². The minimum absolute atomic E-state index is 0.481. The van der Waals surface area contributed by atoms with Crippen molar-refractivity contribution in [3.63, 3.8) is 0 Å². The Morgan fingerprint density at radius 1 is 1.00 bits per heavy atom. The lowest BCUT2D eigenvalue weighted by Crippen LogP contribution is -2.54. The van der Waals surface area contributed by atoms with Gasteiger partial charge >= 0.3 is 0 Å². The molecule has 1 N–H and O–H groups in total. The SMILES string of the molecule is CCCC1CCC(N2CCCNC3(CCCCC3)C2)CC1. The minimum atomic E-state index is 0.481. The summed E-state index contributed by atoms with van der Waals surface area (Å²) in [6, 6.07) is 0.900. The molecule has 1 saturated heterocycles. The van der Waals surface area contributed by atoms with Gasteiger partial charge in [0.25, 0.3) is 0 Å². The molecule has 1 spiro atoms. The van der Waals surface area contributed by atoms with E-state index in [0.29, 0.717) is 5.54 Å². The van der Waals surface area contributed by atoms with E-state index in [1.807, 2.05) is 0 Å². The van der Waals surface area contributed by atoms with Crippen molar-refractivity contribution in [3.05, 3.63) is 0 Å². The topological polar surface area (TPSA) is 15.3 Å². The number of nitrogens with one attached hydrogen (secondary N) is 1. The molecule has 0 amide bonds. The zero-order chi connectivity index (χ0) is 14.5. The fourth-order valence-corrected chi connectivity index (χ4v) is 5.24. The lowest BCUT2D eigenvalue weighted by molar-refractivity contribution is 0.0944. The Kier molecular flexibility index (Phi) is 5.61. The van der Waals surface area contributed by atoms with Gasteiger partial charge in [0.05, 0.1) is 0 Å². The molecule has 0 bridgehead atoms. The highest BCUT2D eigenvalue weighted by molar-refractivity contribution is 4.97. The highest BCUT2D eigenvalue weighted by Gasteiger charge is 2.37. The molecule has 2 saturated carbocycles. The van der Waals surface area contributed by atoms with Crippen LogP contribution >= 0.6 is 0 Å². The van der Waals surface area contributed by atoms with E-state index in [9.17, 15) is 0 Å². The van der Waals surface area contributed by atoms with Crippen molar-refractivity contribution in [1.29, 1.82) is 0 Å². The molecular formula is C19H36N2. The molecular weight excluding hydrogens is 256 g/mol. The molecule has 2 aliphatic carbocycles. The van der Waals surface area contributed by atoms with Crippen molar-refractivity contribution >= 4 is 0 Å². The summed E-state index contributed by atoms with van der Waals surface area (Å²) in [5.41, 5.74) is 0.481. The lowest BCUT2D eigenvalue weighted by Gasteiger charge is -2.43. The summed E-state index contributed by atoms with van der Waals surface area (Å²) in [5, 5.41) is 3.95. The molecule has 0 aromatic carbocycles. The molecule has 1 heterocycles. The molecule has 3 aliphatic rings. The molecule has 122 valence electrons. The normalized spacial score (nSPS) is 34.7. The van der Waals surface area contributed by atoms with Gasteiger partial charge < -0.3 is 5.32 Å². The predicted octanol–water partition coefficient (Wildman–Crippen LogP) is 4.34. The maximum atomic E-state index is 3.95. The fraction of sp³-hybridized carbons (Fsp3) is 1.00. The summed E-state index contributed by atoms with van der Waals surface area (Å²) in [5.74, 6) is 1.04. The summed E-state index contributed by atoms with van der Waals surface area (Å²) in [6.07, 6.45) is 17.4. The minimum Gasteiger partial charge on any atom is -0.310 e. The van der Waals surface area contributed by atoms with E-state index < -0.39 is 0 Å². The summed E-state index contributed by atoms with van der Waals surface area (Å²) < 4.78 is 0. The van der Waals surface area contributed by atoms with Crippen molar-refractivity contribution in [2.75, 3.05) is 19.6 Å². The third-order valence-electron chi connectivity index (χ3n) is 6.47. The molecule has 21 heavy (non-hydrogen) atoms. The molecule has 0 radical (unpaired) electrons. The Morgan fingerprint density at radius 3 is 2.48 bits per heavy atom. The lowest BCUT2D eigenvalue weighted by atomic mass is 9.79. The van der Waals surface area contributed by atoms with Gasteiger partial charge in [0.2, 0.25) is 0 Å². The van der Waals surface area contributed by atoms with Gasteiger partial charge in [0.1, 0.15) is 0 Å². The van der Waals surface area contributed by atoms with Crippen LogP contribution in [0.25, 0.3) is 0 Å². The van der Waals surface area contributed by atoms with Crippen LogP contribution in [-0.2, 0) is 0 Å². The molecule has 3 fully saturated rings. The maximum absolute atomic E-state index is 3.95. The van der Waals surface area contributed by atoms with Crippen LogP contribution in [0.2, 0.25) is 0 Å². The van der Waals surface area contributed by atoms with Crippen LogP contribution in [0.3, 0.4) is 0 Å². The molecule has 2 heteroatoms. The molecule has 1 aliphatic heterocycles. The number of rotatable bonds is 3. The van der Waals surface area contributed by atoms with Gasteiger partial charge in [-0.2, -0.15) is 0 Å². The summed E-state index contributed by atoms with van der Waals surface area (Å²) in [4.78, 5) is 2.90. The first-order valence-electron chi connectivity index (χ1n) is 9.80. The van der Waals surface area contributed by atoms with E-state index in [-0.39, 0.29) is 0 Å². The number of nitrogens with zero attached hydrogens (tertiary/aromatic N) is 1. The quantitative estimate of drug-likeness (QED) is 0.832. The zero-order valence-electron chi connectivity index (χ0n) is 14.2. The Hall–Kier alpha value is -0.0800. The van der Waals surface area contributed by atoms with Crippen LogP contribution < -0.4 is 5.32 Å². The van der Waals surface area contributed by atoms with Crippen LogP contribution in [-0.4, -0.2) is 36.1 Å². The molecule has 3 rings (SSSR count). The van der Waals surface area contributed by atoms with E-state index >= 15 is 0 Å². The fourth-order valence-electron chi connectivity index (χ4n) is 5.24. The Morgan fingerprint density at radius 2 is 1.76 bits per heavy atom. The summed E-state index contributed by atoms with van der Waals surface area (Å²) >= 11 is 0. The van der Waals surface area contributed by atoms with E-state index in [1.165, 1.54) is 96.7 Å². The second-order valence-corrected chi connectivity index (χ2v) is 8.06. The predicted molar refractivity (Wildman–Crippen MR) is 90.7 cm³/mol. The van der Waals surface area contributed by atoms with E-state index in [0.717, 1.165) is 12.0 Å². The van der Waals surface area contributed by atoms with Crippen molar-refractivity contribution in [3.8, 4) is 0 Å². The third kappa shape index (κ3) is 4.01. The average Bonchev–Trinajstić information content (AvgIpc) is 2.72. The smallest absolute Gasteiger partial charge is 0.0308 e. The van der Waals surface area contributed by atoms with Crippen molar-refractivity contribution in [1.82, 2.24) is 10.2 Å².